The molecule has 0 amide bonds. The molecule has 0 unspecified atom stereocenters. The van der Waals surface area contributed by atoms with Crippen molar-refractivity contribution in [3.63, 3.8) is 0 Å². The van der Waals surface area contributed by atoms with Crippen LogP contribution in [-0.4, -0.2) is 0 Å². The first-order chi connectivity index (χ1) is 7.38. The van der Waals surface area contributed by atoms with Crippen LogP contribution in [0.2, 0.25) is 0 Å². The Morgan fingerprint density at radius 3 is 2.60 bits per heavy atom. The van der Waals surface area contributed by atoms with Crippen molar-refractivity contribution in [3.05, 3.63) is 66.3 Å². The molecular weight excluding hydrogens is 180 g/mol. The van der Waals surface area contributed by atoms with Gasteiger partial charge < -0.3 is 0 Å². The van der Waals surface area contributed by atoms with Gasteiger partial charge >= 0.3 is 0 Å². The zero-order valence-electron chi connectivity index (χ0n) is 8.48. The van der Waals surface area contributed by atoms with Crippen LogP contribution in [0.15, 0.2) is 55.1 Å². The van der Waals surface area contributed by atoms with Crippen LogP contribution in [0.3, 0.4) is 0 Å². The van der Waals surface area contributed by atoms with Crippen LogP contribution < -0.4 is 0 Å². The van der Waals surface area contributed by atoms with E-state index in [4.69, 9.17) is 0 Å². The molecule has 0 atom stereocenters. The van der Waals surface area contributed by atoms with Crippen molar-refractivity contribution in [1.82, 2.24) is 0 Å². The molecular formula is C15H12. The largest absolute Gasteiger partial charge is 0.0984 e. The molecule has 0 saturated carbocycles. The molecule has 2 aromatic carbocycles. The summed E-state index contributed by atoms with van der Waals surface area (Å²) >= 11 is 0. The van der Waals surface area contributed by atoms with Crippen molar-refractivity contribution in [2.24, 2.45) is 0 Å². The molecule has 15 heavy (non-hydrogen) atoms. The lowest BCUT2D eigenvalue weighted by Gasteiger charge is -2.06. The number of rotatable bonds is 2. The zero-order valence-corrected chi connectivity index (χ0v) is 8.48. The van der Waals surface area contributed by atoms with Gasteiger partial charge in [-0.05, 0) is 21.9 Å². The third-order valence-electron chi connectivity index (χ3n) is 2.91. The zero-order chi connectivity index (χ0) is 10.3. The lowest BCUT2D eigenvalue weighted by atomic mass is 9.98. The normalized spacial score (nSPS) is 14.4. The van der Waals surface area contributed by atoms with E-state index in [9.17, 15) is 0 Å². The Bertz CT molecular complexity index is 555. The molecule has 0 saturated heterocycles. The van der Waals surface area contributed by atoms with E-state index in [2.05, 4.69) is 55.1 Å². The molecule has 0 aliphatic heterocycles. The Balaban J connectivity index is 2.30. The molecule has 0 fully saturated rings. The fourth-order valence-corrected chi connectivity index (χ4v) is 2.00. The molecule has 3 rings (SSSR count). The highest BCUT2D eigenvalue weighted by molar-refractivity contribution is 5.91. The van der Waals surface area contributed by atoms with Crippen molar-refractivity contribution in [1.29, 1.82) is 0 Å². The summed E-state index contributed by atoms with van der Waals surface area (Å²) in [6.45, 7) is 3.88. The quantitative estimate of drug-likeness (QED) is 0.627. The van der Waals surface area contributed by atoms with Gasteiger partial charge in [0.05, 0.1) is 0 Å². The summed E-state index contributed by atoms with van der Waals surface area (Å²) < 4.78 is 0. The van der Waals surface area contributed by atoms with E-state index < -0.39 is 0 Å². The van der Waals surface area contributed by atoms with Crippen LogP contribution in [0.1, 0.15) is 17.0 Å². The van der Waals surface area contributed by atoms with Gasteiger partial charge in [0.25, 0.3) is 0 Å². The van der Waals surface area contributed by atoms with Crippen molar-refractivity contribution in [2.75, 3.05) is 0 Å². The molecule has 2 aromatic rings. The molecule has 0 spiro atoms. The third kappa shape index (κ3) is 1.39. The van der Waals surface area contributed by atoms with Gasteiger partial charge in [-0.25, -0.2) is 0 Å². The Morgan fingerprint density at radius 2 is 1.87 bits per heavy atom. The Kier molecular flexibility index (Phi) is 1.75. The van der Waals surface area contributed by atoms with Gasteiger partial charge in [-0.15, -0.1) is 0 Å². The van der Waals surface area contributed by atoms with Crippen molar-refractivity contribution in [3.8, 4) is 0 Å². The predicted octanol–water partition coefficient (Wildman–Crippen LogP) is 4.14. The van der Waals surface area contributed by atoms with Crippen LogP contribution in [0.25, 0.3) is 16.8 Å². The molecule has 0 radical (unpaired) electrons. The molecule has 0 nitrogen and oxygen atoms in total. The molecule has 0 heterocycles. The number of allylic oxidation sites excluding steroid dienone is 2. The monoisotopic (exact) mass is 192 g/mol. The summed E-state index contributed by atoms with van der Waals surface area (Å²) in [6, 6.07) is 13.0. The Morgan fingerprint density at radius 1 is 1.07 bits per heavy atom. The van der Waals surface area contributed by atoms with Gasteiger partial charge in [0.15, 0.2) is 0 Å². The van der Waals surface area contributed by atoms with Gasteiger partial charge in [-0.3, -0.25) is 0 Å². The van der Waals surface area contributed by atoms with E-state index in [1.807, 2.05) is 6.08 Å². The van der Waals surface area contributed by atoms with Crippen LogP contribution in [0, 0.1) is 0 Å². The van der Waals surface area contributed by atoms with Gasteiger partial charge in [-0.1, -0.05) is 61.2 Å². The summed E-state index contributed by atoms with van der Waals surface area (Å²) in [7, 11) is 0. The third-order valence-corrected chi connectivity index (χ3v) is 2.91. The summed E-state index contributed by atoms with van der Waals surface area (Å²) in [6.07, 6.45) is 6.38. The maximum atomic E-state index is 3.88. The topological polar surface area (TPSA) is 0 Å². The van der Waals surface area contributed by atoms with Gasteiger partial charge in [0, 0.05) is 5.92 Å². The number of benzene rings is 2. The Labute approximate surface area is 89.6 Å². The summed E-state index contributed by atoms with van der Waals surface area (Å²) in [4.78, 5) is 0. The summed E-state index contributed by atoms with van der Waals surface area (Å²) in [5, 5.41) is 2.59. The van der Waals surface area contributed by atoms with Crippen LogP contribution in [0.4, 0.5) is 0 Å². The molecule has 0 bridgehead atoms. The van der Waals surface area contributed by atoms with Gasteiger partial charge in [0.1, 0.15) is 0 Å². The molecule has 72 valence electrons. The standard InChI is InChI=1S/C15H12/c1-2-11-9-14(12-7-8-12)10-13-5-3-4-6-15(11)13/h2-10,12H,1H2. The molecule has 0 aromatic heterocycles. The SMILES string of the molecule is C=Cc1cc(C2C=C2)cc2ccccc12. The van der Waals surface area contributed by atoms with Crippen LogP contribution in [0.5, 0.6) is 0 Å². The van der Waals surface area contributed by atoms with Crippen LogP contribution in [-0.2, 0) is 0 Å². The highest BCUT2D eigenvalue weighted by atomic mass is 14.2. The van der Waals surface area contributed by atoms with E-state index in [0.717, 1.165) is 0 Å². The Hall–Kier alpha value is -1.82. The number of fused-ring (bicyclic) bond motifs is 1. The maximum Gasteiger partial charge on any atom is 0.0199 e. The van der Waals surface area contributed by atoms with E-state index in [-0.39, 0.29) is 0 Å². The van der Waals surface area contributed by atoms with Crippen molar-refractivity contribution < 1.29 is 0 Å². The lowest BCUT2D eigenvalue weighted by Crippen LogP contribution is -1.85. The van der Waals surface area contributed by atoms with Crippen molar-refractivity contribution in [2.45, 2.75) is 5.92 Å². The maximum absolute atomic E-state index is 3.88. The molecule has 1 aliphatic carbocycles. The van der Waals surface area contributed by atoms with E-state index >= 15 is 0 Å². The fourth-order valence-electron chi connectivity index (χ4n) is 2.00. The molecule has 1 aliphatic rings. The fraction of sp³-hybridized carbons (Fsp3) is 0.0667. The van der Waals surface area contributed by atoms with Crippen LogP contribution >= 0.6 is 0 Å². The first-order valence-corrected chi connectivity index (χ1v) is 5.22. The lowest BCUT2D eigenvalue weighted by molar-refractivity contribution is 1.24. The smallest absolute Gasteiger partial charge is 0.0199 e. The van der Waals surface area contributed by atoms with E-state index in [0.29, 0.717) is 5.92 Å². The molecule has 0 heteroatoms. The summed E-state index contributed by atoms with van der Waals surface area (Å²) in [5.41, 5.74) is 2.61. The second-order valence-electron chi connectivity index (χ2n) is 3.95. The first kappa shape index (κ1) is 8.49. The average Bonchev–Trinajstić information content (AvgIpc) is 3.11. The highest BCUT2D eigenvalue weighted by Gasteiger charge is 2.14. The number of hydrogen-bond acceptors (Lipinski definition) is 0. The van der Waals surface area contributed by atoms with Gasteiger partial charge in [-0.2, -0.15) is 0 Å². The minimum atomic E-state index is 0.563. The van der Waals surface area contributed by atoms with Crippen molar-refractivity contribution >= 4 is 16.8 Å². The van der Waals surface area contributed by atoms with E-state index in [1.165, 1.54) is 21.9 Å². The second kappa shape index (κ2) is 3.09. The second-order valence-corrected chi connectivity index (χ2v) is 3.95. The summed E-state index contributed by atoms with van der Waals surface area (Å²) in [5.74, 6) is 0.563. The van der Waals surface area contributed by atoms with Gasteiger partial charge in [0.2, 0.25) is 0 Å². The molecule has 0 N–H and O–H groups in total. The highest BCUT2D eigenvalue weighted by Crippen LogP contribution is 2.33. The average molecular weight is 192 g/mol. The minimum absolute atomic E-state index is 0.563. The predicted molar refractivity (Wildman–Crippen MR) is 65.9 cm³/mol. The van der Waals surface area contributed by atoms with E-state index in [1.54, 1.807) is 0 Å². The minimum Gasteiger partial charge on any atom is -0.0984 e. The first-order valence-electron chi connectivity index (χ1n) is 5.22. The number of hydrogen-bond donors (Lipinski definition) is 0.